The summed E-state index contributed by atoms with van der Waals surface area (Å²) in [5.74, 6) is -0.199. The lowest BCUT2D eigenvalue weighted by Crippen LogP contribution is -2.26. The summed E-state index contributed by atoms with van der Waals surface area (Å²) in [5.41, 5.74) is 3.76. The number of carbonyl (C=O) groups is 3. The van der Waals surface area contributed by atoms with Crippen LogP contribution < -0.4 is 10.6 Å². The third kappa shape index (κ3) is 8.46. The van der Waals surface area contributed by atoms with Gasteiger partial charge in [0.1, 0.15) is 0 Å². The van der Waals surface area contributed by atoms with Gasteiger partial charge < -0.3 is 15.5 Å². The average molecular weight is 422 g/mol. The molecule has 0 aromatic heterocycles. The number of nitrogens with one attached hydrogen (secondary N) is 2. The molecule has 31 heavy (non-hydrogen) atoms. The molecule has 2 aromatic carbocycles. The lowest BCUT2D eigenvalue weighted by Gasteiger charge is -2.13. The Morgan fingerprint density at radius 3 is 2.26 bits per heavy atom. The fourth-order valence-corrected chi connectivity index (χ4v) is 3.17. The van der Waals surface area contributed by atoms with Gasteiger partial charge in [-0.25, -0.2) is 0 Å². The minimum Gasteiger partial charge on any atom is -0.356 e. The monoisotopic (exact) mass is 421 g/mol. The molecule has 0 atom stereocenters. The maximum Gasteiger partial charge on any atom is 0.248 e. The number of likely N-dealkylation sites (N-methyl/N-ethyl adjacent to an activating group) is 1. The molecule has 3 amide bonds. The molecule has 0 spiro atoms. The highest BCUT2D eigenvalue weighted by Gasteiger charge is 2.06. The highest BCUT2D eigenvalue weighted by atomic mass is 16.2. The zero-order valence-electron chi connectivity index (χ0n) is 18.3. The predicted molar refractivity (Wildman–Crippen MR) is 123 cm³/mol. The van der Waals surface area contributed by atoms with Crippen LogP contribution in [0, 0.1) is 0 Å². The van der Waals surface area contributed by atoms with Crippen molar-refractivity contribution in [2.75, 3.05) is 20.1 Å². The van der Waals surface area contributed by atoms with Crippen LogP contribution in [0.5, 0.6) is 0 Å². The van der Waals surface area contributed by atoms with E-state index >= 15 is 0 Å². The van der Waals surface area contributed by atoms with E-state index in [1.165, 1.54) is 4.90 Å². The molecule has 0 aliphatic carbocycles. The largest absolute Gasteiger partial charge is 0.356 e. The van der Waals surface area contributed by atoms with Gasteiger partial charge in [-0.3, -0.25) is 14.4 Å². The van der Waals surface area contributed by atoms with Crippen molar-refractivity contribution in [3.05, 3.63) is 71.9 Å². The Kier molecular flexibility index (Phi) is 10.0. The number of hydrogen-bond donors (Lipinski definition) is 2. The van der Waals surface area contributed by atoms with Crippen molar-refractivity contribution < 1.29 is 14.4 Å². The van der Waals surface area contributed by atoms with Crippen LogP contribution >= 0.6 is 0 Å². The van der Waals surface area contributed by atoms with Gasteiger partial charge in [0, 0.05) is 31.9 Å². The number of unbranched alkanes of at least 4 members (excludes halogenated alkanes) is 2. The number of amides is 3. The maximum absolute atomic E-state index is 12.2. The number of hydrogen-bond acceptors (Lipinski definition) is 3. The quantitative estimate of drug-likeness (QED) is 0.314. The smallest absolute Gasteiger partial charge is 0.248 e. The van der Waals surface area contributed by atoms with Crippen LogP contribution in [0.1, 0.15) is 31.7 Å². The van der Waals surface area contributed by atoms with E-state index < -0.39 is 0 Å². The highest BCUT2D eigenvalue weighted by molar-refractivity contribution is 5.92. The topological polar surface area (TPSA) is 78.5 Å². The third-order valence-electron chi connectivity index (χ3n) is 4.92. The van der Waals surface area contributed by atoms with Gasteiger partial charge in [-0.05, 0) is 42.9 Å². The Bertz CT molecular complexity index is 877. The van der Waals surface area contributed by atoms with Crippen LogP contribution in [-0.2, 0) is 20.8 Å². The first-order valence-electron chi connectivity index (χ1n) is 10.6. The molecule has 0 radical (unpaired) electrons. The molecule has 6 nitrogen and oxygen atoms in total. The molecule has 2 rings (SSSR count). The van der Waals surface area contributed by atoms with Crippen molar-refractivity contribution in [1.82, 2.24) is 15.5 Å². The Morgan fingerprint density at radius 2 is 1.61 bits per heavy atom. The van der Waals surface area contributed by atoms with Gasteiger partial charge in [0.05, 0.1) is 6.42 Å². The van der Waals surface area contributed by atoms with E-state index in [9.17, 15) is 14.4 Å². The van der Waals surface area contributed by atoms with Gasteiger partial charge in [0.15, 0.2) is 0 Å². The number of carbonyl (C=O) groups excluding carboxylic acids is 3. The van der Waals surface area contributed by atoms with Gasteiger partial charge >= 0.3 is 0 Å². The third-order valence-corrected chi connectivity index (χ3v) is 4.92. The van der Waals surface area contributed by atoms with Crippen LogP contribution in [0.4, 0.5) is 0 Å². The summed E-state index contributed by atoms with van der Waals surface area (Å²) in [4.78, 5) is 36.3. The van der Waals surface area contributed by atoms with Crippen LogP contribution in [0.15, 0.2) is 66.4 Å². The molecular weight excluding hydrogens is 390 g/mol. The number of rotatable bonds is 12. The normalized spacial score (nSPS) is 11.0. The van der Waals surface area contributed by atoms with Crippen molar-refractivity contribution in [2.24, 2.45) is 0 Å². The summed E-state index contributed by atoms with van der Waals surface area (Å²) in [7, 11) is 1.55. The van der Waals surface area contributed by atoms with Crippen LogP contribution in [0.3, 0.4) is 0 Å². The van der Waals surface area contributed by atoms with E-state index in [2.05, 4.69) is 22.8 Å². The lowest BCUT2D eigenvalue weighted by molar-refractivity contribution is -0.120. The molecule has 0 aliphatic rings. The second-order valence-electron chi connectivity index (χ2n) is 7.38. The number of benzene rings is 2. The molecule has 0 unspecified atom stereocenters. The fraction of sp³-hybridized carbons (Fsp3) is 0.320. The Morgan fingerprint density at radius 1 is 0.935 bits per heavy atom. The zero-order chi connectivity index (χ0) is 22.5. The summed E-state index contributed by atoms with van der Waals surface area (Å²) in [6.07, 6.45) is 5.14. The van der Waals surface area contributed by atoms with Crippen LogP contribution in [-0.4, -0.2) is 43.3 Å². The predicted octanol–water partition coefficient (Wildman–Crippen LogP) is 3.29. The van der Waals surface area contributed by atoms with Gasteiger partial charge in [0.2, 0.25) is 18.2 Å². The number of nitrogens with zero attached hydrogens (tertiary/aromatic N) is 1. The fourth-order valence-electron chi connectivity index (χ4n) is 3.17. The molecule has 164 valence electrons. The standard InChI is InChI=1S/C25H31N3O3/c1-20(25(31)26-2)18-28(19-29)16-8-4-7-15-27-24(30)17-21-11-13-23(14-12-21)22-9-5-3-6-10-22/h3,5-6,9-14,18-19H,4,7-8,15-17H2,1-2H3,(H,26,31)(H,27,30)/b20-18-. The molecule has 6 heteroatoms. The highest BCUT2D eigenvalue weighted by Crippen LogP contribution is 2.19. The van der Waals surface area contributed by atoms with Crippen molar-refractivity contribution in [2.45, 2.75) is 32.6 Å². The van der Waals surface area contributed by atoms with Gasteiger partial charge in [-0.1, -0.05) is 54.6 Å². The molecule has 2 aromatic rings. The van der Waals surface area contributed by atoms with Crippen molar-refractivity contribution in [3.8, 4) is 11.1 Å². The Balaban J connectivity index is 1.65. The maximum atomic E-state index is 12.2. The first-order valence-corrected chi connectivity index (χ1v) is 10.6. The molecule has 0 saturated heterocycles. The molecule has 0 aliphatic heterocycles. The summed E-state index contributed by atoms with van der Waals surface area (Å²) >= 11 is 0. The van der Waals surface area contributed by atoms with Crippen molar-refractivity contribution in [3.63, 3.8) is 0 Å². The minimum atomic E-state index is -0.204. The minimum absolute atomic E-state index is 0.00566. The van der Waals surface area contributed by atoms with Crippen molar-refractivity contribution in [1.29, 1.82) is 0 Å². The van der Waals surface area contributed by atoms with E-state index in [1.54, 1.807) is 20.2 Å². The SMILES string of the molecule is CNC(=O)/C(C)=C\N(C=O)CCCCCNC(=O)Cc1ccc(-c2ccccc2)cc1. The summed E-state index contributed by atoms with van der Waals surface area (Å²) in [5, 5.41) is 5.47. The Hall–Kier alpha value is -3.41. The molecular formula is C25H31N3O3. The first kappa shape index (κ1) is 23.9. The molecule has 0 fully saturated rings. The van der Waals surface area contributed by atoms with E-state index in [1.807, 2.05) is 42.5 Å². The second kappa shape index (κ2) is 13.0. The molecule has 2 N–H and O–H groups in total. The van der Waals surface area contributed by atoms with Crippen LogP contribution in [0.25, 0.3) is 11.1 Å². The van der Waals surface area contributed by atoms with E-state index in [0.717, 1.165) is 42.4 Å². The van der Waals surface area contributed by atoms with E-state index in [4.69, 9.17) is 0 Å². The van der Waals surface area contributed by atoms with Gasteiger partial charge in [-0.2, -0.15) is 0 Å². The van der Waals surface area contributed by atoms with Crippen LogP contribution in [0.2, 0.25) is 0 Å². The van der Waals surface area contributed by atoms with Crippen molar-refractivity contribution >= 4 is 18.2 Å². The van der Waals surface area contributed by atoms with Gasteiger partial charge in [0.25, 0.3) is 0 Å². The Labute approximate surface area is 184 Å². The first-order chi connectivity index (χ1) is 15.0. The van der Waals surface area contributed by atoms with E-state index in [-0.39, 0.29) is 11.8 Å². The van der Waals surface area contributed by atoms with E-state index in [0.29, 0.717) is 25.1 Å². The second-order valence-corrected chi connectivity index (χ2v) is 7.38. The summed E-state index contributed by atoms with van der Waals surface area (Å²) < 4.78 is 0. The van der Waals surface area contributed by atoms with Gasteiger partial charge in [-0.15, -0.1) is 0 Å². The zero-order valence-corrected chi connectivity index (χ0v) is 18.3. The summed E-state index contributed by atoms with van der Waals surface area (Å²) in [6, 6.07) is 18.2. The molecule has 0 heterocycles. The molecule has 0 saturated carbocycles. The average Bonchev–Trinajstić information content (AvgIpc) is 2.80. The molecule has 0 bridgehead atoms. The lowest BCUT2D eigenvalue weighted by atomic mass is 10.0. The summed E-state index contributed by atoms with van der Waals surface area (Å²) in [6.45, 7) is 2.81.